The zero-order valence-corrected chi connectivity index (χ0v) is 11.9. The molecule has 5 heteroatoms. The van der Waals surface area contributed by atoms with Crippen molar-refractivity contribution in [1.29, 1.82) is 0 Å². The molecule has 5 nitrogen and oxygen atoms in total. The molecule has 0 radical (unpaired) electrons. The van der Waals surface area contributed by atoms with E-state index in [1.165, 1.54) is 0 Å². The highest BCUT2D eigenvalue weighted by Gasteiger charge is 2.20. The predicted octanol–water partition coefficient (Wildman–Crippen LogP) is 0.901. The van der Waals surface area contributed by atoms with Crippen LogP contribution in [0.5, 0.6) is 0 Å². The lowest BCUT2D eigenvalue weighted by Gasteiger charge is -2.26. The Morgan fingerprint density at radius 2 is 2.20 bits per heavy atom. The van der Waals surface area contributed by atoms with Crippen molar-refractivity contribution in [2.24, 2.45) is 0 Å². The number of anilines is 1. The Hall–Kier alpha value is -1.88. The summed E-state index contributed by atoms with van der Waals surface area (Å²) < 4.78 is 4.89. The van der Waals surface area contributed by atoms with E-state index in [2.05, 4.69) is 5.32 Å². The Labute approximate surface area is 118 Å². The van der Waals surface area contributed by atoms with Crippen molar-refractivity contribution in [1.82, 2.24) is 5.32 Å². The Morgan fingerprint density at radius 1 is 1.40 bits per heavy atom. The molecule has 0 unspecified atom stereocenters. The molecule has 0 bridgehead atoms. The van der Waals surface area contributed by atoms with Gasteiger partial charge in [-0.2, -0.15) is 0 Å². The molecule has 20 heavy (non-hydrogen) atoms. The molecule has 1 aliphatic rings. The second-order valence-electron chi connectivity index (χ2n) is 4.94. The summed E-state index contributed by atoms with van der Waals surface area (Å²) in [7, 11) is 3.39. The average Bonchev–Trinajstić information content (AvgIpc) is 2.43. The van der Waals surface area contributed by atoms with Gasteiger partial charge in [-0.05, 0) is 23.6 Å². The molecule has 0 saturated carbocycles. The number of nitrogens with zero attached hydrogens (tertiary/aromatic N) is 1. The fourth-order valence-corrected chi connectivity index (χ4v) is 2.36. The second kappa shape index (κ2) is 6.52. The van der Waals surface area contributed by atoms with E-state index in [9.17, 15) is 9.59 Å². The van der Waals surface area contributed by atoms with Crippen LogP contribution in [0.3, 0.4) is 0 Å². The molecule has 0 aromatic heterocycles. The third-order valence-corrected chi connectivity index (χ3v) is 3.48. The summed E-state index contributed by atoms with van der Waals surface area (Å²) in [6.45, 7) is 1.04. The van der Waals surface area contributed by atoms with Crippen molar-refractivity contribution in [2.75, 3.05) is 32.2 Å². The zero-order chi connectivity index (χ0) is 14.5. The second-order valence-corrected chi connectivity index (χ2v) is 4.94. The van der Waals surface area contributed by atoms with E-state index in [0.717, 1.165) is 23.2 Å². The Bertz CT molecular complexity index is 514. The van der Waals surface area contributed by atoms with E-state index in [0.29, 0.717) is 26.0 Å². The monoisotopic (exact) mass is 276 g/mol. The Morgan fingerprint density at radius 3 is 2.95 bits per heavy atom. The van der Waals surface area contributed by atoms with Crippen LogP contribution >= 0.6 is 0 Å². The third-order valence-electron chi connectivity index (χ3n) is 3.48. The summed E-state index contributed by atoms with van der Waals surface area (Å²) in [5.74, 6) is 0.129. The number of nitrogens with one attached hydrogen (secondary N) is 1. The van der Waals surface area contributed by atoms with Gasteiger partial charge in [-0.25, -0.2) is 0 Å². The number of rotatable bonds is 5. The molecular formula is C15H20N2O3. The van der Waals surface area contributed by atoms with Crippen LogP contribution in [-0.2, 0) is 27.2 Å². The van der Waals surface area contributed by atoms with E-state index in [-0.39, 0.29) is 11.8 Å². The number of hydrogen-bond acceptors (Lipinski definition) is 3. The summed E-state index contributed by atoms with van der Waals surface area (Å²) in [6.07, 6.45) is 1.64. The van der Waals surface area contributed by atoms with E-state index < -0.39 is 0 Å². The number of benzene rings is 1. The first-order valence-electron chi connectivity index (χ1n) is 6.76. The van der Waals surface area contributed by atoms with Crippen LogP contribution in [0, 0.1) is 0 Å². The maximum absolute atomic E-state index is 11.7. The van der Waals surface area contributed by atoms with E-state index >= 15 is 0 Å². The molecular weight excluding hydrogens is 256 g/mol. The van der Waals surface area contributed by atoms with Gasteiger partial charge in [0.2, 0.25) is 11.8 Å². The largest absolute Gasteiger partial charge is 0.383 e. The fourth-order valence-electron chi connectivity index (χ4n) is 2.36. The molecule has 0 fully saturated rings. The lowest BCUT2D eigenvalue weighted by molar-refractivity contribution is -0.120. The van der Waals surface area contributed by atoms with E-state index in [1.807, 2.05) is 18.2 Å². The average molecular weight is 276 g/mol. The molecule has 1 aromatic carbocycles. The quantitative estimate of drug-likeness (QED) is 0.813. The van der Waals surface area contributed by atoms with Crippen molar-refractivity contribution in [3.63, 3.8) is 0 Å². The van der Waals surface area contributed by atoms with Gasteiger partial charge in [-0.15, -0.1) is 0 Å². The molecule has 2 amide bonds. The van der Waals surface area contributed by atoms with Crippen molar-refractivity contribution in [2.45, 2.75) is 19.3 Å². The van der Waals surface area contributed by atoms with Gasteiger partial charge in [0.05, 0.1) is 13.0 Å². The summed E-state index contributed by atoms with van der Waals surface area (Å²) >= 11 is 0. The maximum atomic E-state index is 11.7. The molecule has 0 aliphatic carbocycles. The number of hydrogen-bond donors (Lipinski definition) is 1. The highest BCUT2D eigenvalue weighted by molar-refractivity contribution is 5.96. The molecule has 1 heterocycles. The molecule has 0 spiro atoms. The first-order chi connectivity index (χ1) is 9.61. The van der Waals surface area contributed by atoms with Gasteiger partial charge in [0.25, 0.3) is 0 Å². The summed E-state index contributed by atoms with van der Waals surface area (Å²) in [5.41, 5.74) is 3.06. The van der Waals surface area contributed by atoms with Gasteiger partial charge >= 0.3 is 0 Å². The van der Waals surface area contributed by atoms with Crippen LogP contribution < -0.4 is 10.2 Å². The predicted molar refractivity (Wildman–Crippen MR) is 76.8 cm³/mol. The standard InChI is InChI=1S/C15H20N2O3/c1-17-13-5-3-11(9-12(13)4-6-15(17)19)10-14(18)16-7-8-20-2/h3,5,9H,4,6-8,10H2,1-2H3,(H,16,18). The van der Waals surface area contributed by atoms with Gasteiger partial charge < -0.3 is 15.0 Å². The maximum Gasteiger partial charge on any atom is 0.227 e. The lowest BCUT2D eigenvalue weighted by atomic mass is 9.98. The number of methoxy groups -OCH3 is 1. The molecule has 1 aromatic rings. The van der Waals surface area contributed by atoms with Crippen molar-refractivity contribution in [3.05, 3.63) is 29.3 Å². The van der Waals surface area contributed by atoms with Crippen LogP contribution in [-0.4, -0.2) is 39.1 Å². The fraction of sp³-hybridized carbons (Fsp3) is 0.467. The van der Waals surface area contributed by atoms with Crippen LogP contribution in [0.15, 0.2) is 18.2 Å². The highest BCUT2D eigenvalue weighted by atomic mass is 16.5. The molecule has 108 valence electrons. The zero-order valence-electron chi connectivity index (χ0n) is 11.9. The topological polar surface area (TPSA) is 58.6 Å². The van der Waals surface area contributed by atoms with Crippen molar-refractivity contribution in [3.8, 4) is 0 Å². The molecule has 0 atom stereocenters. The van der Waals surface area contributed by atoms with E-state index in [1.54, 1.807) is 19.1 Å². The summed E-state index contributed by atoms with van der Waals surface area (Å²) in [5, 5.41) is 2.80. The van der Waals surface area contributed by atoms with Crippen LogP contribution in [0.2, 0.25) is 0 Å². The molecule has 1 N–H and O–H groups in total. The minimum atomic E-state index is -0.0118. The number of amides is 2. The normalized spacial score (nSPS) is 14.1. The van der Waals surface area contributed by atoms with Gasteiger partial charge in [0, 0.05) is 32.8 Å². The smallest absolute Gasteiger partial charge is 0.227 e. The van der Waals surface area contributed by atoms with Gasteiger partial charge in [-0.3, -0.25) is 9.59 Å². The number of ether oxygens (including phenoxy) is 1. The minimum Gasteiger partial charge on any atom is -0.383 e. The van der Waals surface area contributed by atoms with Crippen molar-refractivity contribution >= 4 is 17.5 Å². The first kappa shape index (κ1) is 14.5. The van der Waals surface area contributed by atoms with E-state index in [4.69, 9.17) is 4.74 Å². The van der Waals surface area contributed by atoms with Crippen LogP contribution in [0.25, 0.3) is 0 Å². The number of aryl methyl sites for hydroxylation is 1. The molecule has 1 aliphatic heterocycles. The van der Waals surface area contributed by atoms with Crippen LogP contribution in [0.1, 0.15) is 17.5 Å². The number of carbonyl (C=O) groups excluding carboxylic acids is 2. The summed E-state index contributed by atoms with van der Waals surface area (Å²) in [6, 6.07) is 5.85. The van der Waals surface area contributed by atoms with Gasteiger partial charge in [0.1, 0.15) is 0 Å². The molecule has 0 saturated heterocycles. The van der Waals surface area contributed by atoms with Gasteiger partial charge in [0.15, 0.2) is 0 Å². The summed E-state index contributed by atoms with van der Waals surface area (Å²) in [4.78, 5) is 25.0. The molecule has 2 rings (SSSR count). The number of carbonyl (C=O) groups is 2. The number of fused-ring (bicyclic) bond motifs is 1. The Kier molecular flexibility index (Phi) is 4.74. The SMILES string of the molecule is COCCNC(=O)Cc1ccc2c(c1)CCC(=O)N2C. The van der Waals surface area contributed by atoms with Crippen molar-refractivity contribution < 1.29 is 14.3 Å². The highest BCUT2D eigenvalue weighted by Crippen LogP contribution is 2.27. The lowest BCUT2D eigenvalue weighted by Crippen LogP contribution is -2.31. The van der Waals surface area contributed by atoms with Gasteiger partial charge in [-0.1, -0.05) is 12.1 Å². The first-order valence-corrected chi connectivity index (χ1v) is 6.76. The Balaban J connectivity index is 2.01. The third kappa shape index (κ3) is 3.36. The minimum absolute atomic E-state index is 0.0118. The van der Waals surface area contributed by atoms with Crippen LogP contribution in [0.4, 0.5) is 5.69 Å².